The van der Waals surface area contributed by atoms with Crippen LogP contribution in [0.2, 0.25) is 0 Å². The van der Waals surface area contributed by atoms with Crippen molar-refractivity contribution in [2.75, 3.05) is 0 Å². The highest BCUT2D eigenvalue weighted by Gasteiger charge is 2.32. The van der Waals surface area contributed by atoms with Crippen molar-refractivity contribution in [2.45, 2.75) is 26.4 Å². The lowest BCUT2D eigenvalue weighted by molar-refractivity contribution is -0.137. The fourth-order valence-corrected chi connectivity index (χ4v) is 4.99. The second-order valence-corrected chi connectivity index (χ2v) is 9.84. The lowest BCUT2D eigenvalue weighted by Crippen LogP contribution is -2.07. The van der Waals surface area contributed by atoms with E-state index in [4.69, 9.17) is 0 Å². The number of phenolic OH excluding ortho intramolecular Hbond substituents is 1. The molecule has 41 heavy (non-hydrogen) atoms. The summed E-state index contributed by atoms with van der Waals surface area (Å²) in [6, 6.07) is 10.8. The molecule has 210 valence electrons. The number of benzene rings is 3. The van der Waals surface area contributed by atoms with Crippen molar-refractivity contribution < 1.29 is 37.7 Å². The topological polar surface area (TPSA) is 107 Å². The Morgan fingerprint density at radius 1 is 1.05 bits per heavy atom. The smallest absolute Gasteiger partial charge is 0.416 e. The molecule has 0 saturated heterocycles. The number of carbonyl (C=O) groups is 1. The summed E-state index contributed by atoms with van der Waals surface area (Å²) in [4.78, 5) is 11.4. The zero-order valence-electron chi connectivity index (χ0n) is 21.7. The molecule has 0 bridgehead atoms. The SMILES string of the molecule is CC1=CC(C)CC(n2c(O)c(N=Nc3cccc(-c4ccc(F)c(C(=O)O)c4)c3O)c3ccc(C(F)(F)F)cc32)=C1. The molecule has 0 spiro atoms. The van der Waals surface area contributed by atoms with E-state index in [1.165, 1.54) is 34.9 Å². The summed E-state index contributed by atoms with van der Waals surface area (Å²) >= 11 is 0. The minimum atomic E-state index is -4.61. The van der Waals surface area contributed by atoms with Gasteiger partial charge in [0, 0.05) is 16.6 Å². The standard InChI is InChI=1S/C30H23F4N3O4/c1-15-10-16(2)12-19(11-15)37-25-14-18(30(32,33)34)7-8-21(25)26(28(37)39)36-35-24-5-3-4-20(27(24)38)17-6-9-23(31)22(13-17)29(40)41/h3-11,13-14,16,38-39H,12H2,1-2H3,(H,40,41). The number of aromatic nitrogens is 1. The fourth-order valence-electron chi connectivity index (χ4n) is 4.99. The van der Waals surface area contributed by atoms with Crippen molar-refractivity contribution in [1.29, 1.82) is 0 Å². The number of halogens is 4. The van der Waals surface area contributed by atoms with Crippen LogP contribution in [-0.4, -0.2) is 25.9 Å². The number of hydrogen-bond acceptors (Lipinski definition) is 5. The van der Waals surface area contributed by atoms with Crippen LogP contribution in [0, 0.1) is 11.7 Å². The van der Waals surface area contributed by atoms with E-state index < -0.39 is 40.7 Å². The second kappa shape index (κ2) is 10.2. The van der Waals surface area contributed by atoms with Crippen LogP contribution in [0.4, 0.5) is 28.9 Å². The molecule has 3 aromatic carbocycles. The molecular formula is C30H23F4N3O4. The van der Waals surface area contributed by atoms with Crippen LogP contribution in [0.25, 0.3) is 27.7 Å². The monoisotopic (exact) mass is 565 g/mol. The highest BCUT2D eigenvalue weighted by atomic mass is 19.4. The number of allylic oxidation sites excluding steroid dienone is 4. The lowest BCUT2D eigenvalue weighted by Gasteiger charge is -2.20. The molecule has 1 heterocycles. The van der Waals surface area contributed by atoms with Crippen LogP contribution in [0.15, 0.2) is 82.6 Å². The number of rotatable bonds is 5. The van der Waals surface area contributed by atoms with Crippen molar-refractivity contribution in [2.24, 2.45) is 16.1 Å². The zero-order chi connectivity index (χ0) is 29.6. The first-order valence-corrected chi connectivity index (χ1v) is 12.5. The number of carboxylic acid groups (broad SMARTS) is 1. The van der Waals surface area contributed by atoms with Gasteiger partial charge in [-0.05, 0) is 67.3 Å². The number of aromatic hydroxyl groups is 2. The third kappa shape index (κ3) is 5.18. The van der Waals surface area contributed by atoms with Crippen LogP contribution in [0.3, 0.4) is 0 Å². The zero-order valence-corrected chi connectivity index (χ0v) is 21.7. The van der Waals surface area contributed by atoms with Crippen LogP contribution >= 0.6 is 0 Å². The molecule has 1 unspecified atom stereocenters. The highest BCUT2D eigenvalue weighted by Crippen LogP contribution is 2.46. The minimum Gasteiger partial charge on any atom is -0.505 e. The summed E-state index contributed by atoms with van der Waals surface area (Å²) < 4.78 is 56.0. The van der Waals surface area contributed by atoms with E-state index in [-0.39, 0.29) is 39.3 Å². The lowest BCUT2D eigenvalue weighted by atomic mass is 9.96. The van der Waals surface area contributed by atoms with Gasteiger partial charge in [0.1, 0.15) is 11.5 Å². The molecule has 7 nitrogen and oxygen atoms in total. The first-order chi connectivity index (χ1) is 19.3. The van der Waals surface area contributed by atoms with Gasteiger partial charge in [0.15, 0.2) is 11.4 Å². The summed E-state index contributed by atoms with van der Waals surface area (Å²) in [6.45, 7) is 3.81. The number of nitrogens with zero attached hydrogens (tertiary/aromatic N) is 3. The summed E-state index contributed by atoms with van der Waals surface area (Å²) in [5.74, 6) is -3.16. The van der Waals surface area contributed by atoms with Gasteiger partial charge in [0.2, 0.25) is 5.88 Å². The van der Waals surface area contributed by atoms with Gasteiger partial charge < -0.3 is 15.3 Å². The van der Waals surface area contributed by atoms with Crippen molar-refractivity contribution in [3.8, 4) is 22.8 Å². The molecule has 1 aliphatic rings. The van der Waals surface area contributed by atoms with Crippen molar-refractivity contribution in [3.63, 3.8) is 0 Å². The number of phenols is 1. The van der Waals surface area contributed by atoms with Gasteiger partial charge in [-0.15, -0.1) is 10.2 Å². The molecule has 0 radical (unpaired) electrons. The van der Waals surface area contributed by atoms with E-state index >= 15 is 0 Å². The Hall–Kier alpha value is -4.93. The average Bonchev–Trinajstić information content (AvgIpc) is 3.17. The van der Waals surface area contributed by atoms with Crippen LogP contribution in [0.5, 0.6) is 11.6 Å². The molecule has 4 aromatic rings. The van der Waals surface area contributed by atoms with Gasteiger partial charge in [-0.25, -0.2) is 9.18 Å². The summed E-state index contributed by atoms with van der Waals surface area (Å²) in [7, 11) is 0. The molecule has 0 fully saturated rings. The Bertz CT molecular complexity index is 1800. The number of aromatic carboxylic acids is 1. The molecule has 1 aromatic heterocycles. The molecule has 1 aliphatic carbocycles. The van der Waals surface area contributed by atoms with E-state index in [1.807, 2.05) is 19.9 Å². The van der Waals surface area contributed by atoms with Gasteiger partial charge in [0.05, 0.1) is 16.6 Å². The van der Waals surface area contributed by atoms with Crippen LogP contribution < -0.4 is 0 Å². The van der Waals surface area contributed by atoms with Crippen molar-refractivity contribution in [3.05, 3.63) is 89.3 Å². The van der Waals surface area contributed by atoms with Gasteiger partial charge in [-0.1, -0.05) is 36.8 Å². The molecule has 1 atom stereocenters. The summed E-state index contributed by atoms with van der Waals surface area (Å²) in [6.07, 6.45) is -0.355. The van der Waals surface area contributed by atoms with Gasteiger partial charge in [0.25, 0.3) is 0 Å². The number of carboxylic acids is 1. The Balaban J connectivity index is 1.64. The van der Waals surface area contributed by atoms with E-state index in [0.717, 1.165) is 29.8 Å². The van der Waals surface area contributed by atoms with Crippen LogP contribution in [-0.2, 0) is 6.18 Å². The van der Waals surface area contributed by atoms with Crippen LogP contribution in [0.1, 0.15) is 36.2 Å². The van der Waals surface area contributed by atoms with Gasteiger partial charge in [-0.3, -0.25) is 4.57 Å². The number of alkyl halides is 3. The Labute approximate surface area is 231 Å². The first kappa shape index (κ1) is 27.6. The van der Waals surface area contributed by atoms with Gasteiger partial charge in [-0.2, -0.15) is 13.2 Å². The van der Waals surface area contributed by atoms with E-state index in [9.17, 15) is 37.7 Å². The Morgan fingerprint density at radius 3 is 2.49 bits per heavy atom. The van der Waals surface area contributed by atoms with Crippen molar-refractivity contribution in [1.82, 2.24) is 4.57 Å². The first-order valence-electron chi connectivity index (χ1n) is 12.5. The average molecular weight is 566 g/mol. The number of para-hydroxylation sites is 1. The molecule has 3 N–H and O–H groups in total. The normalized spacial score (nSPS) is 15.8. The largest absolute Gasteiger partial charge is 0.505 e. The number of hydrogen-bond donors (Lipinski definition) is 3. The third-order valence-electron chi connectivity index (χ3n) is 6.78. The highest BCUT2D eigenvalue weighted by molar-refractivity contribution is 5.98. The minimum absolute atomic E-state index is 0.0693. The predicted octanol–water partition coefficient (Wildman–Crippen LogP) is 8.82. The van der Waals surface area contributed by atoms with Gasteiger partial charge >= 0.3 is 12.1 Å². The Morgan fingerprint density at radius 2 is 1.80 bits per heavy atom. The molecular weight excluding hydrogens is 542 g/mol. The fraction of sp³-hybridized carbons (Fsp3) is 0.167. The maximum absolute atomic E-state index is 13.9. The van der Waals surface area contributed by atoms with Crippen molar-refractivity contribution >= 4 is 33.9 Å². The maximum atomic E-state index is 13.9. The maximum Gasteiger partial charge on any atom is 0.416 e. The molecule has 0 saturated carbocycles. The molecule has 5 rings (SSSR count). The van der Waals surface area contributed by atoms with E-state index in [1.54, 1.807) is 6.08 Å². The number of fused-ring (bicyclic) bond motifs is 1. The van der Waals surface area contributed by atoms with E-state index in [2.05, 4.69) is 10.2 Å². The molecule has 11 heteroatoms. The van der Waals surface area contributed by atoms with E-state index in [0.29, 0.717) is 12.1 Å². The Kier molecular flexibility index (Phi) is 6.90. The second-order valence-electron chi connectivity index (χ2n) is 9.84. The number of azo groups is 1. The summed E-state index contributed by atoms with van der Waals surface area (Å²) in [5.41, 5.74) is 0.267. The third-order valence-corrected chi connectivity index (χ3v) is 6.78. The quantitative estimate of drug-likeness (QED) is 0.166. The molecule has 0 aliphatic heterocycles. The molecule has 0 amide bonds. The summed E-state index contributed by atoms with van der Waals surface area (Å²) in [5, 5.41) is 39.8. The predicted molar refractivity (Wildman–Crippen MR) is 145 cm³/mol.